The molecule has 3 rings (SSSR count). The standard InChI is InChI=1S/C33H47NO13/c1-18-10-8-6-4-3-5-7-9-11-22(46-33-31(41)29(34)30(40)19(2)45-33)17-24(38)28(32(42)43)23(37)15-20(35)14-21(36)16-26-25(47-26)12-13-27(39)44-18/h3-9,11-13,18-19,21-26,28-31,33,36-38,40-41H,10,14-17,34H2,1-2H3,(H,42,43)/b4-3+,7-5-,8-6+,11-9+,13-12+. The summed E-state index contributed by atoms with van der Waals surface area (Å²) < 4.78 is 22.2. The van der Waals surface area contributed by atoms with Gasteiger partial charge < -0.3 is 55.3 Å². The van der Waals surface area contributed by atoms with Gasteiger partial charge in [0.05, 0.1) is 48.8 Å². The number of rotatable bonds is 3. The third-order valence-corrected chi connectivity index (χ3v) is 8.05. The Labute approximate surface area is 273 Å². The van der Waals surface area contributed by atoms with Gasteiger partial charge in [-0.25, -0.2) is 4.79 Å². The van der Waals surface area contributed by atoms with Crippen LogP contribution in [0, 0.1) is 5.92 Å². The van der Waals surface area contributed by atoms with Gasteiger partial charge in [0.2, 0.25) is 0 Å². The number of carbonyl (C=O) groups excluding carboxylic acids is 2. The monoisotopic (exact) mass is 665 g/mol. The molecule has 3 aliphatic rings. The number of esters is 1. The van der Waals surface area contributed by atoms with Crippen LogP contribution in [0.25, 0.3) is 0 Å². The maximum Gasteiger partial charge on any atom is 0.330 e. The molecule has 0 aromatic heterocycles. The van der Waals surface area contributed by atoms with Gasteiger partial charge in [0.1, 0.15) is 30.0 Å². The van der Waals surface area contributed by atoms with E-state index in [1.807, 2.05) is 6.08 Å². The molecule has 0 amide bonds. The van der Waals surface area contributed by atoms with E-state index in [0.29, 0.717) is 6.42 Å². The molecule has 0 spiro atoms. The minimum absolute atomic E-state index is 0.0692. The van der Waals surface area contributed by atoms with Gasteiger partial charge in [-0.05, 0) is 19.9 Å². The lowest BCUT2D eigenvalue weighted by Crippen LogP contribution is -2.61. The lowest BCUT2D eigenvalue weighted by atomic mass is 9.88. The predicted octanol–water partition coefficient (Wildman–Crippen LogP) is -0.0377. The van der Waals surface area contributed by atoms with Crippen molar-refractivity contribution >= 4 is 17.7 Å². The van der Waals surface area contributed by atoms with E-state index < -0.39 is 97.3 Å². The summed E-state index contributed by atoms with van der Waals surface area (Å²) in [6.07, 6.45) is 3.57. The normalized spacial score (nSPS) is 43.4. The van der Waals surface area contributed by atoms with E-state index in [2.05, 4.69) is 0 Å². The molecule has 47 heavy (non-hydrogen) atoms. The molecule has 3 heterocycles. The summed E-state index contributed by atoms with van der Waals surface area (Å²) in [6.45, 7) is 3.29. The van der Waals surface area contributed by atoms with Crippen LogP contribution >= 0.6 is 0 Å². The molecule has 0 radical (unpaired) electrons. The number of ether oxygens (including phenoxy) is 4. The van der Waals surface area contributed by atoms with Gasteiger partial charge in [-0.1, -0.05) is 48.6 Å². The zero-order valence-corrected chi connectivity index (χ0v) is 26.4. The van der Waals surface area contributed by atoms with Crippen molar-refractivity contribution in [3.8, 4) is 0 Å². The van der Waals surface area contributed by atoms with Crippen molar-refractivity contribution in [3.63, 3.8) is 0 Å². The van der Waals surface area contributed by atoms with Gasteiger partial charge in [0.25, 0.3) is 0 Å². The summed E-state index contributed by atoms with van der Waals surface area (Å²) in [5.74, 6) is -4.54. The Morgan fingerprint density at radius 2 is 1.55 bits per heavy atom. The summed E-state index contributed by atoms with van der Waals surface area (Å²) >= 11 is 0. The van der Waals surface area contributed by atoms with Gasteiger partial charge >= 0.3 is 11.9 Å². The number of cyclic esters (lactones) is 1. The highest BCUT2D eigenvalue weighted by atomic mass is 16.7. The van der Waals surface area contributed by atoms with Crippen molar-refractivity contribution in [1.82, 2.24) is 0 Å². The minimum Gasteiger partial charge on any atom is -0.481 e. The molecule has 13 atom stereocenters. The third kappa shape index (κ3) is 12.5. The molecule has 8 N–H and O–H groups in total. The quantitative estimate of drug-likeness (QED) is 0.155. The zero-order chi connectivity index (χ0) is 34.7. The molecule has 0 saturated carbocycles. The molecule has 0 bridgehead atoms. The first-order valence-electron chi connectivity index (χ1n) is 15.7. The maximum atomic E-state index is 12.6. The SMILES string of the molecule is CC1C/C=C/C=C/C=C\C=C\C(OC2OC(C)C(O)C(N)C2O)CC(O)C(C(=O)O)C(O)CC(=O)CC(O)CC2OC2/C=C/C(=O)O1. The number of ketones is 1. The van der Waals surface area contributed by atoms with E-state index >= 15 is 0 Å². The number of hydrogen-bond acceptors (Lipinski definition) is 13. The number of aliphatic hydroxyl groups excluding tert-OH is 5. The summed E-state index contributed by atoms with van der Waals surface area (Å²) in [6, 6.07) is -1.10. The number of nitrogens with two attached hydrogens (primary N) is 1. The molecular weight excluding hydrogens is 618 g/mol. The smallest absolute Gasteiger partial charge is 0.330 e. The van der Waals surface area contributed by atoms with Crippen LogP contribution in [0.15, 0.2) is 60.8 Å². The van der Waals surface area contributed by atoms with E-state index in [1.165, 1.54) is 25.2 Å². The van der Waals surface area contributed by atoms with E-state index in [0.717, 1.165) is 0 Å². The van der Waals surface area contributed by atoms with E-state index in [9.17, 15) is 45.0 Å². The average molecular weight is 666 g/mol. The number of carboxylic acids is 1. The van der Waals surface area contributed by atoms with Crippen molar-refractivity contribution < 1.29 is 64.0 Å². The summed E-state index contributed by atoms with van der Waals surface area (Å²) in [4.78, 5) is 36.9. The predicted molar refractivity (Wildman–Crippen MR) is 166 cm³/mol. The zero-order valence-electron chi connectivity index (χ0n) is 26.4. The summed E-state index contributed by atoms with van der Waals surface area (Å²) in [7, 11) is 0. The topological polar surface area (TPSA) is 239 Å². The van der Waals surface area contributed by atoms with Crippen LogP contribution < -0.4 is 5.73 Å². The Morgan fingerprint density at radius 1 is 0.872 bits per heavy atom. The van der Waals surface area contributed by atoms with Crippen molar-refractivity contribution in [2.75, 3.05) is 0 Å². The van der Waals surface area contributed by atoms with Crippen molar-refractivity contribution in [3.05, 3.63) is 60.8 Å². The molecule has 14 heteroatoms. The fourth-order valence-corrected chi connectivity index (χ4v) is 5.33. The van der Waals surface area contributed by atoms with Crippen LogP contribution in [0.3, 0.4) is 0 Å². The summed E-state index contributed by atoms with van der Waals surface area (Å²) in [5.41, 5.74) is 5.91. The lowest BCUT2D eigenvalue weighted by molar-refractivity contribution is -0.277. The molecule has 0 aromatic rings. The van der Waals surface area contributed by atoms with Crippen LogP contribution in [0.5, 0.6) is 0 Å². The number of fused-ring (bicyclic) bond motifs is 1. The molecule has 2 saturated heterocycles. The Hall–Kier alpha value is -3.05. The highest BCUT2D eigenvalue weighted by Gasteiger charge is 2.43. The number of carboxylic acid groups (broad SMARTS) is 1. The van der Waals surface area contributed by atoms with Crippen LogP contribution in [0.1, 0.15) is 46.0 Å². The Balaban J connectivity index is 1.79. The number of Topliss-reactive ketones (excluding diaryl/α,β-unsaturated/α-hetero) is 1. The largest absolute Gasteiger partial charge is 0.481 e. The lowest BCUT2D eigenvalue weighted by Gasteiger charge is -2.41. The number of carbonyl (C=O) groups is 3. The van der Waals surface area contributed by atoms with Crippen LogP contribution in [-0.4, -0.2) is 122 Å². The second kappa shape index (κ2) is 18.5. The van der Waals surface area contributed by atoms with E-state index in [4.69, 9.17) is 24.7 Å². The van der Waals surface area contributed by atoms with Crippen molar-refractivity contribution in [2.45, 2.75) is 119 Å². The average Bonchev–Trinajstić information content (AvgIpc) is 3.72. The second-order valence-corrected chi connectivity index (χ2v) is 12.1. The number of epoxide rings is 1. The van der Waals surface area contributed by atoms with Gasteiger partial charge in [-0.2, -0.15) is 0 Å². The summed E-state index contributed by atoms with van der Waals surface area (Å²) in [5, 5.41) is 62.6. The molecule has 3 aliphatic heterocycles. The molecule has 0 aliphatic carbocycles. The number of aliphatic hydroxyl groups is 5. The van der Waals surface area contributed by atoms with E-state index in [-0.39, 0.29) is 25.4 Å². The van der Waals surface area contributed by atoms with Crippen molar-refractivity contribution in [1.29, 1.82) is 0 Å². The number of hydrogen-bond donors (Lipinski definition) is 7. The minimum atomic E-state index is -1.80. The van der Waals surface area contributed by atoms with Crippen LogP contribution in [-0.2, 0) is 33.3 Å². The fraction of sp³-hybridized carbons (Fsp3) is 0.606. The molecule has 13 unspecified atom stereocenters. The highest BCUT2D eigenvalue weighted by molar-refractivity contribution is 5.82. The molecule has 2 fully saturated rings. The van der Waals surface area contributed by atoms with Crippen LogP contribution in [0.4, 0.5) is 0 Å². The molecule has 262 valence electrons. The Morgan fingerprint density at radius 3 is 2.26 bits per heavy atom. The van der Waals surface area contributed by atoms with Gasteiger partial charge in [0.15, 0.2) is 6.29 Å². The van der Waals surface area contributed by atoms with Crippen LogP contribution in [0.2, 0.25) is 0 Å². The second-order valence-electron chi connectivity index (χ2n) is 12.1. The van der Waals surface area contributed by atoms with Crippen molar-refractivity contribution in [2.24, 2.45) is 11.7 Å². The first-order chi connectivity index (χ1) is 22.3. The third-order valence-electron chi connectivity index (χ3n) is 8.05. The maximum absolute atomic E-state index is 12.6. The van der Waals surface area contributed by atoms with Gasteiger partial charge in [0, 0.05) is 38.2 Å². The van der Waals surface area contributed by atoms with E-state index in [1.54, 1.807) is 43.4 Å². The Bertz CT molecular complexity index is 1200. The highest BCUT2D eigenvalue weighted by Crippen LogP contribution is 2.29. The first-order valence-corrected chi connectivity index (χ1v) is 15.7. The van der Waals surface area contributed by atoms with Gasteiger partial charge in [-0.3, -0.25) is 9.59 Å². The molecule has 14 nitrogen and oxygen atoms in total. The first kappa shape index (κ1) is 38.4. The molecule has 0 aromatic carbocycles. The molecular formula is C33H47NO13. The number of aliphatic carboxylic acids is 1. The fourth-order valence-electron chi connectivity index (χ4n) is 5.33. The number of allylic oxidation sites excluding steroid dienone is 6. The van der Waals surface area contributed by atoms with Gasteiger partial charge in [-0.15, -0.1) is 0 Å². The Kier molecular flexibility index (Phi) is 15.1.